The summed E-state index contributed by atoms with van der Waals surface area (Å²) in [6, 6.07) is 4.44. The zero-order valence-electron chi connectivity index (χ0n) is 10.5. The van der Waals surface area contributed by atoms with Gasteiger partial charge >= 0.3 is 5.69 Å². The van der Waals surface area contributed by atoms with Crippen molar-refractivity contribution in [1.82, 2.24) is 0 Å². The van der Waals surface area contributed by atoms with Crippen LogP contribution in [0.4, 0.5) is 15.8 Å². The maximum absolute atomic E-state index is 13.6. The zero-order chi connectivity index (χ0) is 13.6. The molecule has 2 aliphatic rings. The molecule has 0 aromatic heterocycles. The molecule has 1 aliphatic heterocycles. The van der Waals surface area contributed by atoms with E-state index < -0.39 is 16.4 Å². The molecule has 0 spiro atoms. The Morgan fingerprint density at radius 2 is 2.16 bits per heavy atom. The maximum atomic E-state index is 13.6. The topological polar surface area (TPSA) is 72.4 Å². The molecular weight excluding hydrogens is 249 g/mol. The van der Waals surface area contributed by atoms with Crippen LogP contribution in [0.5, 0.6) is 0 Å². The summed E-state index contributed by atoms with van der Waals surface area (Å²) in [5.74, 6) is 0.0876. The second kappa shape index (κ2) is 4.45. The standard InChI is InChI=1S/C13H16FN3O2/c14-10-2-1-3-12(13(10)17(18)19)16-6-8-4-5-11(15)9(8)7-16/h1-3,8-9,11H,4-7,15H2. The van der Waals surface area contributed by atoms with Crippen molar-refractivity contribution in [3.05, 3.63) is 34.1 Å². The highest BCUT2D eigenvalue weighted by Crippen LogP contribution is 2.41. The minimum Gasteiger partial charge on any atom is -0.365 e. The van der Waals surface area contributed by atoms with Crippen molar-refractivity contribution < 1.29 is 9.31 Å². The Balaban J connectivity index is 1.92. The fraction of sp³-hybridized carbons (Fsp3) is 0.538. The van der Waals surface area contributed by atoms with Gasteiger partial charge in [-0.05, 0) is 36.8 Å². The van der Waals surface area contributed by atoms with Crippen LogP contribution >= 0.6 is 0 Å². The lowest BCUT2D eigenvalue weighted by atomic mass is 9.98. The maximum Gasteiger partial charge on any atom is 0.327 e. The lowest BCUT2D eigenvalue weighted by Gasteiger charge is -2.20. The SMILES string of the molecule is NC1CCC2CN(c3cccc(F)c3[N+](=O)[O-])CC12. The van der Waals surface area contributed by atoms with Crippen molar-refractivity contribution in [3.8, 4) is 0 Å². The van der Waals surface area contributed by atoms with Crippen LogP contribution in [0.1, 0.15) is 12.8 Å². The molecular formula is C13H16FN3O2. The summed E-state index contributed by atoms with van der Waals surface area (Å²) < 4.78 is 13.6. The number of benzene rings is 1. The predicted molar refractivity (Wildman–Crippen MR) is 69.5 cm³/mol. The van der Waals surface area contributed by atoms with Crippen LogP contribution in [0, 0.1) is 27.8 Å². The predicted octanol–water partition coefficient (Wildman–Crippen LogP) is 1.91. The molecule has 3 atom stereocenters. The fourth-order valence-corrected chi connectivity index (χ4v) is 3.44. The molecule has 0 amide bonds. The van der Waals surface area contributed by atoms with Crippen LogP contribution in [0.3, 0.4) is 0 Å². The van der Waals surface area contributed by atoms with Gasteiger partial charge in [-0.3, -0.25) is 10.1 Å². The van der Waals surface area contributed by atoms with E-state index in [0.29, 0.717) is 24.1 Å². The number of hydrogen-bond donors (Lipinski definition) is 1. The van der Waals surface area contributed by atoms with Gasteiger partial charge in [0.25, 0.3) is 0 Å². The minimum atomic E-state index is -0.774. The normalized spacial score (nSPS) is 29.6. The van der Waals surface area contributed by atoms with E-state index in [4.69, 9.17) is 5.73 Å². The van der Waals surface area contributed by atoms with E-state index in [1.807, 2.05) is 4.90 Å². The number of nitrogens with two attached hydrogens (primary N) is 1. The summed E-state index contributed by atoms with van der Waals surface area (Å²) in [6.07, 6.45) is 2.08. The third-order valence-corrected chi connectivity index (χ3v) is 4.40. The molecule has 19 heavy (non-hydrogen) atoms. The average molecular weight is 265 g/mol. The van der Waals surface area contributed by atoms with Crippen LogP contribution in [0.25, 0.3) is 0 Å². The van der Waals surface area contributed by atoms with E-state index in [-0.39, 0.29) is 6.04 Å². The monoisotopic (exact) mass is 265 g/mol. The van der Waals surface area contributed by atoms with Gasteiger partial charge in [-0.1, -0.05) is 6.07 Å². The third-order valence-electron chi connectivity index (χ3n) is 4.40. The Morgan fingerprint density at radius 1 is 1.37 bits per heavy atom. The van der Waals surface area contributed by atoms with Gasteiger partial charge in [0.15, 0.2) is 0 Å². The first-order valence-electron chi connectivity index (χ1n) is 6.51. The molecule has 1 aromatic carbocycles. The third kappa shape index (κ3) is 1.96. The van der Waals surface area contributed by atoms with E-state index in [2.05, 4.69) is 0 Å². The second-order valence-electron chi connectivity index (χ2n) is 5.43. The van der Waals surface area contributed by atoms with Crippen LogP contribution in [0.15, 0.2) is 18.2 Å². The van der Waals surface area contributed by atoms with Crippen LogP contribution in [-0.4, -0.2) is 24.1 Å². The molecule has 1 aromatic rings. The van der Waals surface area contributed by atoms with Crippen LogP contribution < -0.4 is 10.6 Å². The first-order chi connectivity index (χ1) is 9.08. The van der Waals surface area contributed by atoms with E-state index in [0.717, 1.165) is 25.5 Å². The average Bonchev–Trinajstić information content (AvgIpc) is 2.91. The van der Waals surface area contributed by atoms with Crippen LogP contribution in [-0.2, 0) is 0 Å². The number of halogens is 1. The lowest BCUT2D eigenvalue weighted by Crippen LogP contribution is -2.30. The number of para-hydroxylation sites is 1. The smallest absolute Gasteiger partial charge is 0.327 e. The molecule has 3 unspecified atom stereocenters. The number of nitrogens with zero attached hydrogens (tertiary/aromatic N) is 2. The quantitative estimate of drug-likeness (QED) is 0.655. The summed E-state index contributed by atoms with van der Waals surface area (Å²) in [6.45, 7) is 1.43. The molecule has 5 nitrogen and oxygen atoms in total. The first-order valence-corrected chi connectivity index (χ1v) is 6.51. The summed E-state index contributed by atoms with van der Waals surface area (Å²) >= 11 is 0. The van der Waals surface area contributed by atoms with Gasteiger partial charge in [0, 0.05) is 19.1 Å². The number of fused-ring (bicyclic) bond motifs is 1. The van der Waals surface area contributed by atoms with E-state index in [1.54, 1.807) is 6.07 Å². The van der Waals surface area contributed by atoms with Crippen LogP contribution in [0.2, 0.25) is 0 Å². The minimum absolute atomic E-state index is 0.169. The number of rotatable bonds is 2. The molecule has 1 saturated heterocycles. The zero-order valence-corrected chi connectivity index (χ0v) is 10.5. The molecule has 2 fully saturated rings. The van der Waals surface area contributed by atoms with Gasteiger partial charge in [0.1, 0.15) is 5.69 Å². The Labute approximate surface area is 110 Å². The summed E-state index contributed by atoms with van der Waals surface area (Å²) in [4.78, 5) is 12.3. The van der Waals surface area contributed by atoms with Crippen molar-refractivity contribution in [2.45, 2.75) is 18.9 Å². The van der Waals surface area contributed by atoms with Gasteiger partial charge in [-0.2, -0.15) is 4.39 Å². The number of nitro groups is 1. The van der Waals surface area contributed by atoms with Crippen molar-refractivity contribution >= 4 is 11.4 Å². The van der Waals surface area contributed by atoms with Gasteiger partial charge in [-0.15, -0.1) is 0 Å². The van der Waals surface area contributed by atoms with E-state index in [9.17, 15) is 14.5 Å². The van der Waals surface area contributed by atoms with Crippen molar-refractivity contribution in [2.24, 2.45) is 17.6 Å². The highest BCUT2D eigenvalue weighted by atomic mass is 19.1. The van der Waals surface area contributed by atoms with Crippen molar-refractivity contribution in [3.63, 3.8) is 0 Å². The second-order valence-corrected chi connectivity index (χ2v) is 5.43. The highest BCUT2D eigenvalue weighted by molar-refractivity contribution is 5.64. The van der Waals surface area contributed by atoms with Gasteiger partial charge < -0.3 is 10.6 Å². The summed E-state index contributed by atoms with van der Waals surface area (Å²) in [5.41, 5.74) is 6.01. The Bertz CT molecular complexity index is 523. The number of anilines is 1. The van der Waals surface area contributed by atoms with Gasteiger partial charge in [0.05, 0.1) is 4.92 Å². The number of nitro benzene ring substituents is 1. The van der Waals surface area contributed by atoms with Gasteiger partial charge in [0.2, 0.25) is 5.82 Å². The lowest BCUT2D eigenvalue weighted by molar-refractivity contribution is -0.386. The molecule has 2 N–H and O–H groups in total. The molecule has 102 valence electrons. The molecule has 0 bridgehead atoms. The van der Waals surface area contributed by atoms with Crippen molar-refractivity contribution in [1.29, 1.82) is 0 Å². The highest BCUT2D eigenvalue weighted by Gasteiger charge is 2.42. The first kappa shape index (κ1) is 12.3. The van der Waals surface area contributed by atoms with Gasteiger partial charge in [-0.25, -0.2) is 0 Å². The van der Waals surface area contributed by atoms with E-state index >= 15 is 0 Å². The Morgan fingerprint density at radius 3 is 2.84 bits per heavy atom. The molecule has 0 radical (unpaired) electrons. The number of hydrogen-bond acceptors (Lipinski definition) is 4. The van der Waals surface area contributed by atoms with Crippen molar-refractivity contribution in [2.75, 3.05) is 18.0 Å². The molecule has 1 heterocycles. The molecule has 3 rings (SSSR count). The molecule has 1 saturated carbocycles. The Hall–Kier alpha value is -1.69. The van der Waals surface area contributed by atoms with E-state index in [1.165, 1.54) is 6.07 Å². The largest absolute Gasteiger partial charge is 0.365 e. The summed E-state index contributed by atoms with van der Waals surface area (Å²) in [5, 5.41) is 11.0. The molecule has 6 heteroatoms. The molecule has 1 aliphatic carbocycles. The Kier molecular flexibility index (Phi) is 2.89. The fourth-order valence-electron chi connectivity index (χ4n) is 3.44. The summed E-state index contributed by atoms with van der Waals surface area (Å²) in [7, 11) is 0.